The third-order valence-electron chi connectivity index (χ3n) is 8.02. The van der Waals surface area contributed by atoms with Gasteiger partial charge in [-0.15, -0.1) is 54.1 Å². The number of para-hydroxylation sites is 1. The van der Waals surface area contributed by atoms with E-state index < -0.39 is 0 Å². The van der Waals surface area contributed by atoms with E-state index >= 15 is 0 Å². The van der Waals surface area contributed by atoms with Crippen LogP contribution in [0, 0.1) is 39.8 Å². The summed E-state index contributed by atoms with van der Waals surface area (Å²) >= 11 is 0. The quantitative estimate of drug-likeness (QED) is 0.166. The maximum absolute atomic E-state index is 6.48. The summed E-state index contributed by atoms with van der Waals surface area (Å²) in [5, 5.41) is 3.39. The van der Waals surface area contributed by atoms with Gasteiger partial charge in [0.1, 0.15) is 0 Å². The molecule has 0 aliphatic rings. The van der Waals surface area contributed by atoms with Crippen LogP contribution in [0.15, 0.2) is 108 Å². The van der Waals surface area contributed by atoms with Crippen LogP contribution < -0.4 is 0 Å². The first-order valence-corrected chi connectivity index (χ1v) is 14.1. The summed E-state index contributed by atoms with van der Waals surface area (Å²) in [5.41, 5.74) is 12.7. The van der Waals surface area contributed by atoms with E-state index in [1.807, 2.05) is 42.7 Å². The Labute approximate surface area is 264 Å². The zero-order valence-electron chi connectivity index (χ0n) is 24.4. The van der Waals surface area contributed by atoms with Crippen LogP contribution in [-0.4, -0.2) is 14.4 Å². The van der Waals surface area contributed by atoms with Crippen molar-refractivity contribution >= 4 is 38.5 Å². The van der Waals surface area contributed by atoms with Crippen molar-refractivity contribution in [2.75, 3.05) is 0 Å². The fourth-order valence-electron chi connectivity index (χ4n) is 5.37. The van der Waals surface area contributed by atoms with Gasteiger partial charge in [-0.25, -0.2) is 0 Å². The number of nitrogens with zero attached hydrogens (tertiary/aromatic N) is 3. The van der Waals surface area contributed by atoms with Crippen LogP contribution in [0.25, 0.3) is 61.0 Å². The van der Waals surface area contributed by atoms with E-state index in [2.05, 4.69) is 115 Å². The molecule has 0 unspecified atom stereocenters. The van der Waals surface area contributed by atoms with Crippen LogP contribution in [0.5, 0.6) is 0 Å². The molecule has 0 spiro atoms. The van der Waals surface area contributed by atoms with E-state index in [-0.39, 0.29) is 20.1 Å². The van der Waals surface area contributed by atoms with E-state index in [1.54, 1.807) is 0 Å². The van der Waals surface area contributed by atoms with Crippen LogP contribution in [0.4, 0.5) is 0 Å². The normalized spacial score (nSPS) is 11.1. The van der Waals surface area contributed by atoms with Gasteiger partial charge in [0.2, 0.25) is 5.71 Å². The van der Waals surface area contributed by atoms with Gasteiger partial charge in [0.25, 0.3) is 0 Å². The van der Waals surface area contributed by atoms with Crippen molar-refractivity contribution < 1.29 is 24.5 Å². The molecule has 4 nitrogen and oxygen atoms in total. The van der Waals surface area contributed by atoms with Gasteiger partial charge < -0.3 is 14.4 Å². The number of rotatable bonds is 2. The topological polar surface area (TPSA) is 43.3 Å². The van der Waals surface area contributed by atoms with E-state index in [1.165, 1.54) is 27.6 Å². The zero-order chi connectivity index (χ0) is 28.8. The molecule has 213 valence electrons. The van der Waals surface area contributed by atoms with Crippen LogP contribution in [0.1, 0.15) is 22.3 Å². The second-order valence-corrected chi connectivity index (χ2v) is 10.8. The predicted octanol–water partition coefficient (Wildman–Crippen LogP) is 9.63. The van der Waals surface area contributed by atoms with Gasteiger partial charge in [-0.1, -0.05) is 52.4 Å². The fraction of sp³-hybridized carbons (Fsp3) is 0.105. The number of furan rings is 1. The Hall–Kier alpha value is -4.57. The van der Waals surface area contributed by atoms with E-state index in [0.29, 0.717) is 0 Å². The van der Waals surface area contributed by atoms with Crippen molar-refractivity contribution in [3.63, 3.8) is 0 Å². The monoisotopic (exact) mass is 736 g/mol. The standard InChI is InChI=1S/C25H17N2O.C13H12N.Ir/c1-15-12-22(26-14-16(15)2)21-8-5-7-19-20-11-10-18-13-17-6-3-4-9-23(17)27(18)25(20)28-24(19)21;1-10-8-13(14-9-11(10)2)12-6-4-3-5-7-12;/h3-7,9-14H,1-2H3;3-6,8-9H,1-2H3;/q2*-1;. The Morgan fingerprint density at radius 2 is 1.37 bits per heavy atom. The van der Waals surface area contributed by atoms with Gasteiger partial charge in [-0.3, -0.25) is 4.40 Å². The van der Waals surface area contributed by atoms with Crippen molar-refractivity contribution in [1.29, 1.82) is 0 Å². The first-order valence-electron chi connectivity index (χ1n) is 14.1. The molecule has 5 aromatic heterocycles. The molecular formula is C38H29IrN3O-2. The summed E-state index contributed by atoms with van der Waals surface area (Å²) in [6, 6.07) is 37.5. The summed E-state index contributed by atoms with van der Waals surface area (Å²) in [5.74, 6) is 0. The van der Waals surface area contributed by atoms with Gasteiger partial charge in [-0.05, 0) is 74.5 Å². The Morgan fingerprint density at radius 3 is 2.12 bits per heavy atom. The van der Waals surface area contributed by atoms with E-state index in [9.17, 15) is 0 Å². The molecule has 0 bridgehead atoms. The minimum Gasteiger partial charge on any atom is -0.487 e. The molecule has 5 heterocycles. The smallest absolute Gasteiger partial charge is 0.201 e. The Morgan fingerprint density at radius 1 is 0.651 bits per heavy atom. The van der Waals surface area contributed by atoms with Crippen molar-refractivity contribution in [3.8, 4) is 22.5 Å². The van der Waals surface area contributed by atoms with E-state index in [4.69, 9.17) is 4.42 Å². The number of aromatic nitrogens is 3. The van der Waals surface area contributed by atoms with E-state index in [0.717, 1.165) is 55.6 Å². The molecule has 1 radical (unpaired) electrons. The van der Waals surface area contributed by atoms with Crippen LogP contribution >= 0.6 is 0 Å². The van der Waals surface area contributed by atoms with Gasteiger partial charge >= 0.3 is 0 Å². The summed E-state index contributed by atoms with van der Waals surface area (Å²) in [6.07, 6.45) is 3.82. The first-order chi connectivity index (χ1) is 20.5. The number of hydrogen-bond acceptors (Lipinski definition) is 3. The number of aryl methyl sites for hydroxylation is 4. The molecule has 8 rings (SSSR count). The Kier molecular flexibility index (Phi) is 7.70. The van der Waals surface area contributed by atoms with Gasteiger partial charge in [0.05, 0.1) is 11.1 Å². The molecule has 0 aliphatic heterocycles. The molecule has 3 aromatic carbocycles. The molecule has 0 saturated carbocycles. The first kappa shape index (κ1) is 28.5. The zero-order valence-corrected chi connectivity index (χ0v) is 26.8. The van der Waals surface area contributed by atoms with Crippen molar-refractivity contribution in [2.45, 2.75) is 27.7 Å². The Bertz CT molecular complexity index is 2250. The molecule has 0 aliphatic carbocycles. The molecule has 43 heavy (non-hydrogen) atoms. The molecule has 8 aromatic rings. The number of pyridine rings is 3. The Balaban J connectivity index is 0.000000186. The summed E-state index contributed by atoms with van der Waals surface area (Å²) in [4.78, 5) is 9.01. The maximum atomic E-state index is 6.48. The van der Waals surface area contributed by atoms with Crippen molar-refractivity contribution in [1.82, 2.24) is 14.4 Å². The van der Waals surface area contributed by atoms with Crippen molar-refractivity contribution in [3.05, 3.63) is 138 Å². The molecule has 0 fully saturated rings. The SMILES string of the molecule is Cc1cnc(-c2[c-]ccc3c2oc2c3ccc3cc4ccccc4n32)cc1C.Cc1cnc(-c2[c-]cccc2)cc1C.[Ir]. The molecule has 0 amide bonds. The summed E-state index contributed by atoms with van der Waals surface area (Å²) in [7, 11) is 0. The molecule has 0 N–H and O–H groups in total. The number of fused-ring (bicyclic) bond motifs is 7. The minimum atomic E-state index is 0. The fourth-order valence-corrected chi connectivity index (χ4v) is 5.37. The van der Waals surface area contributed by atoms with Crippen LogP contribution in [-0.2, 0) is 20.1 Å². The number of benzene rings is 3. The average Bonchev–Trinajstić information content (AvgIpc) is 3.59. The van der Waals surface area contributed by atoms with Crippen LogP contribution in [0.2, 0.25) is 0 Å². The number of hydrogen-bond donors (Lipinski definition) is 0. The third kappa shape index (κ3) is 5.16. The minimum absolute atomic E-state index is 0. The molecule has 0 atom stereocenters. The summed E-state index contributed by atoms with van der Waals surface area (Å²) < 4.78 is 8.68. The maximum Gasteiger partial charge on any atom is 0.201 e. The van der Waals surface area contributed by atoms with Gasteiger partial charge in [-0.2, -0.15) is 0 Å². The second kappa shape index (κ2) is 11.6. The van der Waals surface area contributed by atoms with Crippen molar-refractivity contribution in [2.24, 2.45) is 0 Å². The summed E-state index contributed by atoms with van der Waals surface area (Å²) in [6.45, 7) is 8.35. The molecule has 0 saturated heterocycles. The average molecular weight is 736 g/mol. The molecule has 5 heteroatoms. The van der Waals surface area contributed by atoms with Gasteiger partial charge in [0, 0.05) is 48.8 Å². The largest absolute Gasteiger partial charge is 0.487 e. The predicted molar refractivity (Wildman–Crippen MR) is 172 cm³/mol. The third-order valence-corrected chi connectivity index (χ3v) is 8.02. The second-order valence-electron chi connectivity index (χ2n) is 10.8. The van der Waals surface area contributed by atoms with Gasteiger partial charge in [0.15, 0.2) is 0 Å². The van der Waals surface area contributed by atoms with Crippen LogP contribution in [0.3, 0.4) is 0 Å². The molecular weight excluding hydrogens is 707 g/mol.